The summed E-state index contributed by atoms with van der Waals surface area (Å²) in [7, 11) is 1.71. The Bertz CT molecular complexity index is 515. The fraction of sp³-hybridized carbons (Fsp3) is 0.357. The highest BCUT2D eigenvalue weighted by Crippen LogP contribution is 2.35. The van der Waals surface area contributed by atoms with Crippen molar-refractivity contribution in [2.45, 2.75) is 26.7 Å². The first kappa shape index (κ1) is 11.7. The normalized spacial score (nSPS) is 10.9. The molecule has 0 spiro atoms. The minimum absolute atomic E-state index is 0.431. The molecule has 0 saturated heterocycles. The van der Waals surface area contributed by atoms with Gasteiger partial charge in [-0.15, -0.1) is 0 Å². The summed E-state index contributed by atoms with van der Waals surface area (Å²) in [4.78, 5) is 7.60. The van der Waals surface area contributed by atoms with Crippen molar-refractivity contribution in [3.8, 4) is 17.1 Å². The summed E-state index contributed by atoms with van der Waals surface area (Å²) in [6.07, 6.45) is 1.83. The Labute approximate surface area is 102 Å². The van der Waals surface area contributed by atoms with E-state index in [0.29, 0.717) is 5.92 Å². The van der Waals surface area contributed by atoms with E-state index in [1.165, 1.54) is 5.56 Å². The number of ether oxygens (including phenoxy) is 1. The number of H-pyrrole nitrogens is 1. The lowest BCUT2D eigenvalue weighted by molar-refractivity contribution is 0.409. The predicted molar refractivity (Wildman–Crippen MR) is 69.4 cm³/mol. The van der Waals surface area contributed by atoms with Gasteiger partial charge in [-0.2, -0.15) is 0 Å². The van der Waals surface area contributed by atoms with Crippen molar-refractivity contribution in [3.63, 3.8) is 0 Å². The van der Waals surface area contributed by atoms with Crippen LogP contribution in [0.25, 0.3) is 11.4 Å². The number of imidazole rings is 1. The zero-order valence-corrected chi connectivity index (χ0v) is 10.7. The standard InChI is InChI=1S/C14H18N2O/c1-9(2)11-6-5-7-12(13(11)17-4)14-15-8-10(3)16-14/h5-9H,1-4H3,(H,15,16). The molecule has 0 unspecified atom stereocenters. The van der Waals surface area contributed by atoms with Crippen LogP contribution in [0.15, 0.2) is 24.4 Å². The lowest BCUT2D eigenvalue weighted by atomic mass is 9.99. The van der Waals surface area contributed by atoms with Crippen LogP contribution in [0.5, 0.6) is 5.75 Å². The highest BCUT2D eigenvalue weighted by Gasteiger charge is 2.14. The maximum Gasteiger partial charge on any atom is 0.141 e. The number of nitrogens with zero attached hydrogens (tertiary/aromatic N) is 1. The Morgan fingerprint density at radius 2 is 2.06 bits per heavy atom. The maximum atomic E-state index is 5.54. The molecule has 1 heterocycles. The van der Waals surface area contributed by atoms with Gasteiger partial charge in [-0.3, -0.25) is 0 Å². The van der Waals surface area contributed by atoms with Gasteiger partial charge in [0.05, 0.1) is 12.7 Å². The number of aryl methyl sites for hydroxylation is 1. The molecule has 1 aromatic carbocycles. The van der Waals surface area contributed by atoms with Crippen LogP contribution < -0.4 is 4.74 Å². The van der Waals surface area contributed by atoms with Gasteiger partial charge in [0.2, 0.25) is 0 Å². The Hall–Kier alpha value is -1.77. The molecule has 0 atom stereocenters. The van der Waals surface area contributed by atoms with Crippen molar-refractivity contribution in [3.05, 3.63) is 35.7 Å². The number of para-hydroxylation sites is 1. The second-order valence-corrected chi connectivity index (χ2v) is 4.50. The van der Waals surface area contributed by atoms with Crippen molar-refractivity contribution in [2.24, 2.45) is 0 Å². The molecule has 1 N–H and O–H groups in total. The van der Waals surface area contributed by atoms with E-state index in [9.17, 15) is 0 Å². The van der Waals surface area contributed by atoms with E-state index in [-0.39, 0.29) is 0 Å². The molecule has 0 radical (unpaired) electrons. The summed E-state index contributed by atoms with van der Waals surface area (Å²) in [6.45, 7) is 6.32. The zero-order valence-electron chi connectivity index (χ0n) is 10.7. The summed E-state index contributed by atoms with van der Waals surface area (Å²) in [5.41, 5.74) is 3.28. The Balaban J connectivity index is 2.58. The van der Waals surface area contributed by atoms with E-state index >= 15 is 0 Å². The molecule has 3 nitrogen and oxygen atoms in total. The lowest BCUT2D eigenvalue weighted by Crippen LogP contribution is -1.97. The Morgan fingerprint density at radius 1 is 1.29 bits per heavy atom. The fourth-order valence-corrected chi connectivity index (χ4v) is 1.97. The number of hydrogen-bond donors (Lipinski definition) is 1. The predicted octanol–water partition coefficient (Wildman–Crippen LogP) is 3.52. The largest absolute Gasteiger partial charge is 0.496 e. The smallest absolute Gasteiger partial charge is 0.141 e. The molecule has 3 heteroatoms. The van der Waals surface area contributed by atoms with Crippen LogP contribution in [-0.2, 0) is 0 Å². The fourth-order valence-electron chi connectivity index (χ4n) is 1.97. The molecule has 0 aliphatic heterocycles. The van der Waals surface area contributed by atoms with Crippen molar-refractivity contribution in [1.29, 1.82) is 0 Å². The minimum Gasteiger partial charge on any atom is -0.496 e. The third kappa shape index (κ3) is 2.18. The van der Waals surface area contributed by atoms with E-state index in [1.54, 1.807) is 7.11 Å². The van der Waals surface area contributed by atoms with Crippen LogP contribution in [0.3, 0.4) is 0 Å². The number of methoxy groups -OCH3 is 1. The summed E-state index contributed by atoms with van der Waals surface area (Å²) >= 11 is 0. The third-order valence-corrected chi connectivity index (χ3v) is 2.83. The first-order valence-electron chi connectivity index (χ1n) is 5.82. The van der Waals surface area contributed by atoms with Gasteiger partial charge in [0.15, 0.2) is 0 Å². The third-order valence-electron chi connectivity index (χ3n) is 2.83. The van der Waals surface area contributed by atoms with Gasteiger partial charge in [-0.05, 0) is 24.5 Å². The van der Waals surface area contributed by atoms with Crippen LogP contribution in [0, 0.1) is 6.92 Å². The average molecular weight is 230 g/mol. The van der Waals surface area contributed by atoms with Crippen LogP contribution in [0.2, 0.25) is 0 Å². The van der Waals surface area contributed by atoms with Gasteiger partial charge in [-0.25, -0.2) is 4.98 Å². The number of aromatic nitrogens is 2. The van der Waals surface area contributed by atoms with Gasteiger partial charge in [0.25, 0.3) is 0 Å². The van der Waals surface area contributed by atoms with Crippen LogP contribution >= 0.6 is 0 Å². The topological polar surface area (TPSA) is 37.9 Å². The monoisotopic (exact) mass is 230 g/mol. The number of hydrogen-bond acceptors (Lipinski definition) is 2. The summed E-state index contributed by atoms with van der Waals surface area (Å²) in [5.74, 6) is 2.21. The zero-order chi connectivity index (χ0) is 12.4. The molecule has 2 aromatic rings. The SMILES string of the molecule is COc1c(-c2ncc(C)[nH]2)cccc1C(C)C. The number of aromatic amines is 1. The van der Waals surface area contributed by atoms with Crippen molar-refractivity contribution < 1.29 is 4.74 Å². The molecule has 0 bridgehead atoms. The van der Waals surface area contributed by atoms with Gasteiger partial charge in [-0.1, -0.05) is 26.0 Å². The molecule has 0 saturated carbocycles. The summed E-state index contributed by atoms with van der Waals surface area (Å²) < 4.78 is 5.54. The number of nitrogens with one attached hydrogen (secondary N) is 1. The molecule has 17 heavy (non-hydrogen) atoms. The second-order valence-electron chi connectivity index (χ2n) is 4.50. The lowest BCUT2D eigenvalue weighted by Gasteiger charge is -2.14. The molecule has 1 aromatic heterocycles. The summed E-state index contributed by atoms with van der Waals surface area (Å²) in [5, 5.41) is 0. The van der Waals surface area contributed by atoms with Crippen LogP contribution in [-0.4, -0.2) is 17.1 Å². The van der Waals surface area contributed by atoms with E-state index in [4.69, 9.17) is 4.74 Å². The Morgan fingerprint density at radius 3 is 2.59 bits per heavy atom. The molecule has 90 valence electrons. The van der Waals surface area contributed by atoms with E-state index in [1.807, 2.05) is 25.3 Å². The average Bonchev–Trinajstić information content (AvgIpc) is 2.74. The molecule has 2 rings (SSSR count). The van der Waals surface area contributed by atoms with E-state index < -0.39 is 0 Å². The van der Waals surface area contributed by atoms with Gasteiger partial charge in [0, 0.05) is 11.9 Å². The molecule has 0 aliphatic carbocycles. The first-order chi connectivity index (χ1) is 8.13. The van der Waals surface area contributed by atoms with E-state index in [0.717, 1.165) is 22.8 Å². The first-order valence-corrected chi connectivity index (χ1v) is 5.82. The minimum atomic E-state index is 0.431. The number of benzene rings is 1. The van der Waals surface area contributed by atoms with Gasteiger partial charge < -0.3 is 9.72 Å². The highest BCUT2D eigenvalue weighted by atomic mass is 16.5. The number of rotatable bonds is 3. The second kappa shape index (κ2) is 4.62. The van der Waals surface area contributed by atoms with Crippen molar-refractivity contribution in [1.82, 2.24) is 9.97 Å². The molecular weight excluding hydrogens is 212 g/mol. The molecule has 0 fully saturated rings. The molecule has 0 amide bonds. The molecule has 0 aliphatic rings. The van der Waals surface area contributed by atoms with Gasteiger partial charge in [0.1, 0.15) is 11.6 Å². The Kier molecular flexibility index (Phi) is 3.18. The van der Waals surface area contributed by atoms with Crippen molar-refractivity contribution >= 4 is 0 Å². The van der Waals surface area contributed by atoms with Crippen LogP contribution in [0.4, 0.5) is 0 Å². The molecular formula is C14H18N2O. The van der Waals surface area contributed by atoms with Crippen molar-refractivity contribution in [2.75, 3.05) is 7.11 Å². The van der Waals surface area contributed by atoms with Gasteiger partial charge >= 0.3 is 0 Å². The highest BCUT2D eigenvalue weighted by molar-refractivity contribution is 5.67. The van der Waals surface area contributed by atoms with E-state index in [2.05, 4.69) is 29.9 Å². The van der Waals surface area contributed by atoms with Crippen LogP contribution in [0.1, 0.15) is 31.0 Å². The maximum absolute atomic E-state index is 5.54. The quantitative estimate of drug-likeness (QED) is 0.876. The summed E-state index contributed by atoms with van der Waals surface area (Å²) in [6, 6.07) is 6.18.